The fourth-order valence-electron chi connectivity index (χ4n) is 2.58. The third-order valence-electron chi connectivity index (χ3n) is 4.11. The van der Waals surface area contributed by atoms with Crippen LogP contribution in [0.5, 0.6) is 0 Å². The summed E-state index contributed by atoms with van der Waals surface area (Å²) in [5.74, 6) is 1.66. The van der Waals surface area contributed by atoms with Crippen LogP contribution < -0.4 is 10.6 Å². The van der Waals surface area contributed by atoms with Crippen molar-refractivity contribution in [3.63, 3.8) is 0 Å². The number of amides is 2. The lowest BCUT2D eigenvalue weighted by Crippen LogP contribution is -2.25. The topological polar surface area (TPSA) is 84.0 Å². The average molecular weight is 358 g/mol. The summed E-state index contributed by atoms with van der Waals surface area (Å²) < 4.78 is 0. The second-order valence-corrected chi connectivity index (χ2v) is 5.98. The van der Waals surface area contributed by atoms with Crippen LogP contribution in [0.2, 0.25) is 0 Å². The van der Waals surface area contributed by atoms with Gasteiger partial charge in [0.15, 0.2) is 0 Å². The number of fused-ring (bicyclic) bond motifs is 1. The molecular formula is C21H18N4O2. The summed E-state index contributed by atoms with van der Waals surface area (Å²) in [6.07, 6.45) is 5.17. The lowest BCUT2D eigenvalue weighted by atomic mass is 10.1. The molecule has 134 valence electrons. The molecule has 0 aliphatic rings. The molecule has 6 heteroatoms. The fourth-order valence-corrected chi connectivity index (χ4v) is 2.58. The van der Waals surface area contributed by atoms with Crippen LogP contribution in [0.4, 0.5) is 5.69 Å². The summed E-state index contributed by atoms with van der Waals surface area (Å²) in [5, 5.41) is 5.37. The Morgan fingerprint density at radius 2 is 1.70 bits per heavy atom. The van der Waals surface area contributed by atoms with E-state index in [1.807, 2.05) is 13.8 Å². The predicted molar refractivity (Wildman–Crippen MR) is 105 cm³/mol. The van der Waals surface area contributed by atoms with Crippen molar-refractivity contribution in [2.45, 2.75) is 13.8 Å². The molecule has 1 aromatic heterocycles. The van der Waals surface area contributed by atoms with Crippen LogP contribution in [0.15, 0.2) is 42.5 Å². The molecule has 0 bridgehead atoms. The third kappa shape index (κ3) is 3.93. The van der Waals surface area contributed by atoms with Crippen LogP contribution in [0.1, 0.15) is 32.1 Å². The first-order valence-electron chi connectivity index (χ1n) is 8.36. The lowest BCUT2D eigenvalue weighted by molar-refractivity contribution is 0.0959. The monoisotopic (exact) mass is 358 g/mol. The first kappa shape index (κ1) is 18.1. The van der Waals surface area contributed by atoms with Gasteiger partial charge in [-0.3, -0.25) is 9.59 Å². The van der Waals surface area contributed by atoms with E-state index in [0.29, 0.717) is 22.3 Å². The molecule has 6 nitrogen and oxygen atoms in total. The molecule has 0 unspecified atom stereocenters. The number of hydrogen-bond acceptors (Lipinski definition) is 4. The molecule has 1 heterocycles. The van der Waals surface area contributed by atoms with E-state index in [9.17, 15) is 9.59 Å². The zero-order chi connectivity index (χ0) is 19.4. The van der Waals surface area contributed by atoms with E-state index in [1.165, 1.54) is 0 Å². The van der Waals surface area contributed by atoms with Crippen LogP contribution in [0, 0.1) is 26.2 Å². The van der Waals surface area contributed by atoms with Crippen LogP contribution >= 0.6 is 0 Å². The van der Waals surface area contributed by atoms with Gasteiger partial charge in [-0.1, -0.05) is 18.1 Å². The second kappa shape index (κ2) is 7.67. The maximum absolute atomic E-state index is 12.7. The Balaban J connectivity index is 1.88. The minimum atomic E-state index is -0.348. The summed E-state index contributed by atoms with van der Waals surface area (Å²) in [5.41, 5.74) is 4.21. The molecule has 0 aliphatic carbocycles. The van der Waals surface area contributed by atoms with Gasteiger partial charge in [0.25, 0.3) is 11.8 Å². The molecule has 0 saturated carbocycles. The molecule has 0 spiro atoms. The highest BCUT2D eigenvalue weighted by molar-refractivity contribution is 6.09. The summed E-state index contributed by atoms with van der Waals surface area (Å²) in [6, 6.07) is 11.9. The second-order valence-electron chi connectivity index (χ2n) is 5.98. The van der Waals surface area contributed by atoms with Crippen LogP contribution in [0.3, 0.4) is 0 Å². The minimum absolute atomic E-state index is 0.114. The Labute approximate surface area is 157 Å². The molecular weight excluding hydrogens is 340 g/mol. The number of aromatic nitrogens is 2. The van der Waals surface area contributed by atoms with Gasteiger partial charge in [0, 0.05) is 5.56 Å². The molecule has 0 atom stereocenters. The number of nitrogens with one attached hydrogen (secondary N) is 2. The fraction of sp³-hybridized carbons (Fsp3) is 0.143. The van der Waals surface area contributed by atoms with Crippen LogP contribution in [-0.2, 0) is 0 Å². The van der Waals surface area contributed by atoms with Crippen molar-refractivity contribution >= 4 is 28.5 Å². The molecule has 3 rings (SSSR count). The van der Waals surface area contributed by atoms with E-state index >= 15 is 0 Å². The van der Waals surface area contributed by atoms with Crippen molar-refractivity contribution in [3.8, 4) is 12.3 Å². The van der Waals surface area contributed by atoms with Gasteiger partial charge in [-0.2, -0.15) is 0 Å². The standard InChI is InChI=1S/C21H18N4O2/c1-4-11-22-21(27)16-7-5-6-8-17(16)25-20(26)15-9-10-18-19(12-15)24-14(3)13(2)23-18/h1,5-10,12H,11H2,2-3H3,(H,22,27)(H,25,26). The van der Waals surface area contributed by atoms with Crippen molar-refractivity contribution in [1.29, 1.82) is 0 Å². The molecule has 0 fully saturated rings. The normalized spacial score (nSPS) is 10.3. The summed E-state index contributed by atoms with van der Waals surface area (Å²) in [4.78, 5) is 33.8. The van der Waals surface area contributed by atoms with E-state index < -0.39 is 0 Å². The number of carbonyl (C=O) groups is 2. The Kier molecular flexibility index (Phi) is 5.13. The zero-order valence-electron chi connectivity index (χ0n) is 15.0. The van der Waals surface area contributed by atoms with E-state index in [0.717, 1.165) is 16.9 Å². The van der Waals surface area contributed by atoms with Gasteiger partial charge in [-0.25, -0.2) is 9.97 Å². The first-order chi connectivity index (χ1) is 13.0. The highest BCUT2D eigenvalue weighted by Crippen LogP contribution is 2.18. The number of carbonyl (C=O) groups excluding carboxylic acids is 2. The number of para-hydroxylation sites is 1. The van der Waals surface area contributed by atoms with Crippen molar-refractivity contribution in [1.82, 2.24) is 15.3 Å². The molecule has 27 heavy (non-hydrogen) atoms. The maximum Gasteiger partial charge on any atom is 0.255 e. The Hall–Kier alpha value is -3.72. The lowest BCUT2D eigenvalue weighted by Gasteiger charge is -2.11. The molecule has 0 aliphatic heterocycles. The minimum Gasteiger partial charge on any atom is -0.341 e. The highest BCUT2D eigenvalue weighted by atomic mass is 16.2. The Bertz CT molecular complexity index is 1080. The van der Waals surface area contributed by atoms with Gasteiger partial charge < -0.3 is 10.6 Å². The smallest absolute Gasteiger partial charge is 0.255 e. The van der Waals surface area contributed by atoms with Crippen molar-refractivity contribution in [2.24, 2.45) is 0 Å². The van der Waals surface area contributed by atoms with Gasteiger partial charge in [0.05, 0.1) is 40.2 Å². The number of aryl methyl sites for hydroxylation is 2. The van der Waals surface area contributed by atoms with E-state index in [4.69, 9.17) is 6.42 Å². The number of terminal acetylenes is 1. The molecule has 0 radical (unpaired) electrons. The molecule has 3 aromatic rings. The number of anilines is 1. The Morgan fingerprint density at radius 3 is 2.44 bits per heavy atom. The SMILES string of the molecule is C#CCNC(=O)c1ccccc1NC(=O)c1ccc2nc(C)c(C)nc2c1. The van der Waals surface area contributed by atoms with E-state index in [1.54, 1.807) is 42.5 Å². The molecule has 2 amide bonds. The first-order valence-corrected chi connectivity index (χ1v) is 8.36. The molecule has 2 N–H and O–H groups in total. The van der Waals surface area contributed by atoms with E-state index in [2.05, 4.69) is 26.5 Å². The summed E-state index contributed by atoms with van der Waals surface area (Å²) in [6.45, 7) is 3.88. The van der Waals surface area contributed by atoms with Crippen LogP contribution in [-0.4, -0.2) is 28.3 Å². The average Bonchev–Trinajstić information content (AvgIpc) is 2.67. The van der Waals surface area contributed by atoms with Gasteiger partial charge >= 0.3 is 0 Å². The summed E-state index contributed by atoms with van der Waals surface area (Å²) in [7, 11) is 0. The van der Waals surface area contributed by atoms with Crippen molar-refractivity contribution in [2.75, 3.05) is 11.9 Å². The Morgan fingerprint density at radius 1 is 1.00 bits per heavy atom. The number of nitrogens with zero attached hydrogens (tertiary/aromatic N) is 2. The van der Waals surface area contributed by atoms with Crippen LogP contribution in [0.25, 0.3) is 11.0 Å². The van der Waals surface area contributed by atoms with Gasteiger partial charge in [0.2, 0.25) is 0 Å². The summed E-state index contributed by atoms with van der Waals surface area (Å²) >= 11 is 0. The number of benzene rings is 2. The van der Waals surface area contributed by atoms with E-state index in [-0.39, 0.29) is 18.4 Å². The van der Waals surface area contributed by atoms with Crippen molar-refractivity contribution < 1.29 is 9.59 Å². The zero-order valence-corrected chi connectivity index (χ0v) is 15.0. The van der Waals surface area contributed by atoms with Gasteiger partial charge in [-0.05, 0) is 44.2 Å². The number of hydrogen-bond donors (Lipinski definition) is 2. The quantitative estimate of drug-likeness (QED) is 0.703. The van der Waals surface area contributed by atoms with Gasteiger partial charge in [-0.15, -0.1) is 6.42 Å². The maximum atomic E-state index is 12.7. The predicted octanol–water partition coefficient (Wildman–Crippen LogP) is 2.86. The molecule has 2 aromatic carbocycles. The number of rotatable bonds is 4. The molecule has 0 saturated heterocycles. The third-order valence-corrected chi connectivity index (χ3v) is 4.11. The highest BCUT2D eigenvalue weighted by Gasteiger charge is 2.14. The largest absolute Gasteiger partial charge is 0.341 e. The van der Waals surface area contributed by atoms with Crippen molar-refractivity contribution in [3.05, 3.63) is 65.0 Å². The van der Waals surface area contributed by atoms with Gasteiger partial charge in [0.1, 0.15) is 0 Å².